The van der Waals surface area contributed by atoms with Gasteiger partial charge in [0.15, 0.2) is 0 Å². The molecule has 1 aliphatic rings. The van der Waals surface area contributed by atoms with Gasteiger partial charge in [-0.15, -0.1) is 0 Å². The summed E-state index contributed by atoms with van der Waals surface area (Å²) in [6.07, 6.45) is 5.09. The summed E-state index contributed by atoms with van der Waals surface area (Å²) in [6.45, 7) is 7.76. The molecule has 0 N–H and O–H groups in total. The van der Waals surface area contributed by atoms with Gasteiger partial charge in [-0.25, -0.2) is 9.97 Å². The third kappa shape index (κ3) is 3.88. The van der Waals surface area contributed by atoms with Crippen molar-refractivity contribution in [1.82, 2.24) is 14.9 Å². The molecule has 0 saturated heterocycles. The first-order valence-electron chi connectivity index (χ1n) is 8.56. The van der Waals surface area contributed by atoms with Crippen molar-refractivity contribution < 1.29 is 4.74 Å². The van der Waals surface area contributed by atoms with Gasteiger partial charge < -0.3 is 4.74 Å². The van der Waals surface area contributed by atoms with Gasteiger partial charge in [0.05, 0.1) is 6.61 Å². The van der Waals surface area contributed by atoms with Gasteiger partial charge in [0.25, 0.3) is 0 Å². The quantitative estimate of drug-likeness (QED) is 0.819. The smallest absolute Gasteiger partial charge is 0.128 e. The monoisotopic (exact) mass is 311 g/mol. The molecule has 1 aliphatic heterocycles. The maximum absolute atomic E-state index is 5.74. The summed E-state index contributed by atoms with van der Waals surface area (Å²) in [6, 6.07) is 8.32. The highest BCUT2D eigenvalue weighted by Crippen LogP contribution is 2.23. The molecule has 0 radical (unpaired) electrons. The van der Waals surface area contributed by atoms with E-state index in [4.69, 9.17) is 9.72 Å². The van der Waals surface area contributed by atoms with Crippen molar-refractivity contribution >= 4 is 0 Å². The second kappa shape index (κ2) is 7.55. The maximum Gasteiger partial charge on any atom is 0.128 e. The molecule has 4 nitrogen and oxygen atoms in total. The van der Waals surface area contributed by atoms with E-state index < -0.39 is 0 Å². The third-order valence-electron chi connectivity index (χ3n) is 4.20. The number of hydrogen-bond donors (Lipinski definition) is 0. The lowest BCUT2D eigenvalue weighted by atomic mass is 10.1. The Morgan fingerprint density at radius 2 is 2.09 bits per heavy atom. The van der Waals surface area contributed by atoms with E-state index in [1.807, 2.05) is 19.2 Å². The van der Waals surface area contributed by atoms with Crippen molar-refractivity contribution in [3.63, 3.8) is 0 Å². The number of para-hydroxylation sites is 1. The van der Waals surface area contributed by atoms with Gasteiger partial charge in [-0.1, -0.05) is 25.1 Å². The fourth-order valence-electron chi connectivity index (χ4n) is 3.07. The predicted molar refractivity (Wildman–Crippen MR) is 91.5 cm³/mol. The van der Waals surface area contributed by atoms with Crippen LogP contribution in [0.15, 0.2) is 30.5 Å². The van der Waals surface area contributed by atoms with Crippen molar-refractivity contribution in [3.05, 3.63) is 53.1 Å². The molecule has 1 aromatic heterocycles. The van der Waals surface area contributed by atoms with E-state index in [1.54, 1.807) is 0 Å². The van der Waals surface area contributed by atoms with Crippen LogP contribution in [0.25, 0.3) is 0 Å². The highest BCUT2D eigenvalue weighted by Gasteiger charge is 2.19. The highest BCUT2D eigenvalue weighted by molar-refractivity contribution is 5.33. The number of rotatable bonds is 6. The van der Waals surface area contributed by atoms with Crippen molar-refractivity contribution in [2.24, 2.45) is 0 Å². The summed E-state index contributed by atoms with van der Waals surface area (Å²) in [7, 11) is 0. The van der Waals surface area contributed by atoms with E-state index in [1.165, 1.54) is 16.8 Å². The first-order chi connectivity index (χ1) is 11.3. The third-order valence-corrected chi connectivity index (χ3v) is 4.20. The van der Waals surface area contributed by atoms with E-state index in [9.17, 15) is 0 Å². The molecule has 0 saturated carbocycles. The van der Waals surface area contributed by atoms with E-state index in [0.717, 1.165) is 50.5 Å². The Kier molecular flexibility index (Phi) is 5.23. The Hall–Kier alpha value is -1.94. The van der Waals surface area contributed by atoms with Crippen LogP contribution in [0.3, 0.4) is 0 Å². The Morgan fingerprint density at radius 1 is 1.22 bits per heavy atom. The van der Waals surface area contributed by atoms with Gasteiger partial charge in [0.2, 0.25) is 0 Å². The van der Waals surface area contributed by atoms with Crippen LogP contribution in [0.4, 0.5) is 0 Å². The van der Waals surface area contributed by atoms with Gasteiger partial charge in [-0.3, -0.25) is 4.90 Å². The lowest BCUT2D eigenvalue weighted by Crippen LogP contribution is -2.31. The number of benzene rings is 1. The molecule has 23 heavy (non-hydrogen) atoms. The number of nitrogens with zero attached hydrogens (tertiary/aromatic N) is 3. The second-order valence-electron chi connectivity index (χ2n) is 6.01. The highest BCUT2D eigenvalue weighted by atomic mass is 16.5. The van der Waals surface area contributed by atoms with E-state index in [2.05, 4.69) is 35.0 Å². The lowest BCUT2D eigenvalue weighted by molar-refractivity contribution is 0.236. The maximum atomic E-state index is 5.74. The molecule has 0 unspecified atom stereocenters. The topological polar surface area (TPSA) is 38.2 Å². The molecule has 0 spiro atoms. The number of aromatic nitrogens is 2. The number of aryl methyl sites for hydroxylation is 1. The minimum Gasteiger partial charge on any atom is -0.494 e. The Balaban J connectivity index is 1.70. The van der Waals surface area contributed by atoms with E-state index >= 15 is 0 Å². The van der Waals surface area contributed by atoms with Gasteiger partial charge >= 0.3 is 0 Å². The molecule has 2 heterocycles. The molecule has 3 rings (SSSR count). The zero-order chi connectivity index (χ0) is 16.1. The largest absolute Gasteiger partial charge is 0.494 e. The average Bonchev–Trinajstić information content (AvgIpc) is 2.57. The normalized spacial score (nSPS) is 14.5. The molecule has 0 bridgehead atoms. The predicted octanol–water partition coefficient (Wildman–Crippen LogP) is 3.39. The Bertz CT molecular complexity index is 657. The molecular formula is C19H25N3O. The summed E-state index contributed by atoms with van der Waals surface area (Å²) in [5, 5.41) is 0. The number of hydrogen-bond acceptors (Lipinski definition) is 4. The van der Waals surface area contributed by atoms with Crippen LogP contribution in [0.1, 0.15) is 42.9 Å². The fourth-order valence-corrected chi connectivity index (χ4v) is 3.07. The molecule has 2 aromatic rings. The van der Waals surface area contributed by atoms with Crippen LogP contribution in [0.5, 0.6) is 5.75 Å². The molecule has 0 atom stereocenters. The summed E-state index contributed by atoms with van der Waals surface area (Å²) in [5.74, 6) is 1.98. The van der Waals surface area contributed by atoms with Crippen LogP contribution >= 0.6 is 0 Å². The zero-order valence-corrected chi connectivity index (χ0v) is 14.1. The molecule has 4 heteroatoms. The van der Waals surface area contributed by atoms with Crippen LogP contribution in [0.2, 0.25) is 0 Å². The van der Waals surface area contributed by atoms with Gasteiger partial charge in [0.1, 0.15) is 11.6 Å². The van der Waals surface area contributed by atoms with Crippen LogP contribution in [-0.2, 0) is 25.9 Å². The number of ether oxygens (including phenoxy) is 1. The summed E-state index contributed by atoms with van der Waals surface area (Å²) >= 11 is 0. The van der Waals surface area contributed by atoms with Crippen molar-refractivity contribution in [2.75, 3.05) is 13.2 Å². The zero-order valence-electron chi connectivity index (χ0n) is 14.1. The summed E-state index contributed by atoms with van der Waals surface area (Å²) in [4.78, 5) is 11.7. The number of fused-ring (bicyclic) bond motifs is 1. The molecule has 122 valence electrons. The van der Waals surface area contributed by atoms with E-state index in [0.29, 0.717) is 6.61 Å². The SMILES string of the molecule is CCCc1ncc2c(n1)CCN(Cc1ccccc1OCC)C2. The molecular weight excluding hydrogens is 286 g/mol. The average molecular weight is 311 g/mol. The molecule has 0 fully saturated rings. The Labute approximate surface area is 138 Å². The van der Waals surface area contributed by atoms with Crippen molar-refractivity contribution in [1.29, 1.82) is 0 Å². The molecule has 0 amide bonds. The van der Waals surface area contributed by atoms with Gasteiger partial charge in [-0.2, -0.15) is 0 Å². The van der Waals surface area contributed by atoms with Crippen molar-refractivity contribution in [2.45, 2.75) is 46.2 Å². The van der Waals surface area contributed by atoms with Crippen LogP contribution < -0.4 is 4.74 Å². The van der Waals surface area contributed by atoms with Crippen molar-refractivity contribution in [3.8, 4) is 5.75 Å². The van der Waals surface area contributed by atoms with Crippen LogP contribution in [-0.4, -0.2) is 28.0 Å². The second-order valence-corrected chi connectivity index (χ2v) is 6.01. The van der Waals surface area contributed by atoms with Crippen LogP contribution in [0, 0.1) is 0 Å². The van der Waals surface area contributed by atoms with E-state index in [-0.39, 0.29) is 0 Å². The van der Waals surface area contributed by atoms with Gasteiger partial charge in [-0.05, 0) is 19.4 Å². The first kappa shape index (κ1) is 15.9. The Morgan fingerprint density at radius 3 is 2.91 bits per heavy atom. The fraction of sp³-hybridized carbons (Fsp3) is 0.474. The summed E-state index contributed by atoms with van der Waals surface area (Å²) in [5.41, 5.74) is 3.75. The minimum atomic E-state index is 0.702. The minimum absolute atomic E-state index is 0.702. The lowest BCUT2D eigenvalue weighted by Gasteiger charge is -2.28. The standard InChI is InChI=1S/C19H25N3O/c1-3-7-19-20-12-16-14-22(11-10-17(16)21-19)13-15-8-5-6-9-18(15)23-4-2/h5-6,8-9,12H,3-4,7,10-11,13-14H2,1-2H3. The first-order valence-corrected chi connectivity index (χ1v) is 8.56. The molecule has 0 aliphatic carbocycles. The summed E-state index contributed by atoms with van der Waals surface area (Å²) < 4.78 is 5.74. The van der Waals surface area contributed by atoms with Gasteiger partial charge in [0, 0.05) is 55.5 Å². The molecule has 1 aromatic carbocycles.